The molecule has 0 heterocycles. The minimum atomic E-state index is 0.431. The number of rotatable bonds is 1. The Hall–Kier alpha value is 0.350. The van der Waals surface area contributed by atoms with Crippen LogP contribution in [0.3, 0.4) is 0 Å². The SMILES string of the molecule is CCC1(S)CCCC1. The molecule has 48 valence electrons. The highest BCUT2D eigenvalue weighted by molar-refractivity contribution is 7.81. The van der Waals surface area contributed by atoms with Crippen molar-refractivity contribution >= 4 is 12.6 Å². The van der Waals surface area contributed by atoms with Crippen molar-refractivity contribution < 1.29 is 0 Å². The van der Waals surface area contributed by atoms with Gasteiger partial charge in [-0.3, -0.25) is 0 Å². The predicted molar refractivity (Wildman–Crippen MR) is 40.5 cm³/mol. The Balaban J connectivity index is 2.40. The molecule has 0 aromatic carbocycles. The van der Waals surface area contributed by atoms with Crippen LogP contribution >= 0.6 is 12.6 Å². The summed E-state index contributed by atoms with van der Waals surface area (Å²) in [6.07, 6.45) is 6.73. The zero-order valence-corrected chi connectivity index (χ0v) is 6.38. The van der Waals surface area contributed by atoms with Crippen LogP contribution in [-0.4, -0.2) is 4.75 Å². The molecule has 0 saturated heterocycles. The minimum Gasteiger partial charge on any atom is -0.173 e. The Morgan fingerprint density at radius 2 is 1.88 bits per heavy atom. The first-order chi connectivity index (χ1) is 3.77. The van der Waals surface area contributed by atoms with Crippen LogP contribution in [0.25, 0.3) is 0 Å². The van der Waals surface area contributed by atoms with Crippen molar-refractivity contribution in [1.82, 2.24) is 0 Å². The van der Waals surface area contributed by atoms with E-state index < -0.39 is 0 Å². The van der Waals surface area contributed by atoms with Gasteiger partial charge in [0.15, 0.2) is 0 Å². The number of hydrogen-bond acceptors (Lipinski definition) is 1. The Labute approximate surface area is 57.1 Å². The zero-order chi connectivity index (χ0) is 6.04. The Morgan fingerprint density at radius 1 is 1.38 bits per heavy atom. The normalized spacial score (nSPS) is 26.2. The molecule has 1 aliphatic carbocycles. The van der Waals surface area contributed by atoms with E-state index in [2.05, 4.69) is 19.6 Å². The molecule has 0 nitrogen and oxygen atoms in total. The molecular formula is C7H14S. The number of hydrogen-bond donors (Lipinski definition) is 1. The molecule has 1 fully saturated rings. The molecule has 0 N–H and O–H groups in total. The summed E-state index contributed by atoms with van der Waals surface area (Å²) in [5, 5.41) is 0. The van der Waals surface area contributed by atoms with Gasteiger partial charge in [0.25, 0.3) is 0 Å². The van der Waals surface area contributed by atoms with Crippen LogP contribution in [0.2, 0.25) is 0 Å². The summed E-state index contributed by atoms with van der Waals surface area (Å²) < 4.78 is 0.431. The van der Waals surface area contributed by atoms with Gasteiger partial charge in [-0.2, -0.15) is 12.6 Å². The summed E-state index contributed by atoms with van der Waals surface area (Å²) in [5.41, 5.74) is 0. The van der Waals surface area contributed by atoms with Gasteiger partial charge < -0.3 is 0 Å². The Kier molecular flexibility index (Phi) is 1.86. The molecule has 0 aromatic heterocycles. The fourth-order valence-corrected chi connectivity index (χ4v) is 1.70. The van der Waals surface area contributed by atoms with Crippen LogP contribution in [0.1, 0.15) is 39.0 Å². The third-order valence-corrected chi connectivity index (χ3v) is 2.96. The molecule has 0 unspecified atom stereocenters. The van der Waals surface area contributed by atoms with E-state index in [1.165, 1.54) is 32.1 Å². The van der Waals surface area contributed by atoms with E-state index in [4.69, 9.17) is 0 Å². The molecule has 0 radical (unpaired) electrons. The topological polar surface area (TPSA) is 0 Å². The van der Waals surface area contributed by atoms with Gasteiger partial charge in [0.2, 0.25) is 0 Å². The fourth-order valence-electron chi connectivity index (χ4n) is 1.39. The molecule has 8 heavy (non-hydrogen) atoms. The predicted octanol–water partition coefficient (Wildman–Crippen LogP) is 2.64. The maximum atomic E-state index is 4.58. The van der Waals surface area contributed by atoms with Gasteiger partial charge in [0, 0.05) is 4.75 Å². The van der Waals surface area contributed by atoms with Crippen LogP contribution in [0.4, 0.5) is 0 Å². The van der Waals surface area contributed by atoms with Gasteiger partial charge >= 0.3 is 0 Å². The van der Waals surface area contributed by atoms with E-state index >= 15 is 0 Å². The average molecular weight is 130 g/mol. The van der Waals surface area contributed by atoms with Gasteiger partial charge in [-0.05, 0) is 19.3 Å². The van der Waals surface area contributed by atoms with Gasteiger partial charge in [0.1, 0.15) is 0 Å². The zero-order valence-electron chi connectivity index (χ0n) is 5.48. The van der Waals surface area contributed by atoms with Crippen LogP contribution in [0.15, 0.2) is 0 Å². The summed E-state index contributed by atoms with van der Waals surface area (Å²) in [6, 6.07) is 0. The monoisotopic (exact) mass is 130 g/mol. The van der Waals surface area contributed by atoms with Crippen molar-refractivity contribution in [2.24, 2.45) is 0 Å². The second-order valence-electron chi connectivity index (χ2n) is 2.79. The van der Waals surface area contributed by atoms with Crippen molar-refractivity contribution in [1.29, 1.82) is 0 Å². The lowest BCUT2D eigenvalue weighted by Crippen LogP contribution is -2.13. The molecule has 0 bridgehead atoms. The summed E-state index contributed by atoms with van der Waals surface area (Å²) in [4.78, 5) is 0. The standard InChI is InChI=1S/C7H14S/c1-2-7(8)5-3-4-6-7/h8H,2-6H2,1H3. The van der Waals surface area contributed by atoms with Gasteiger partial charge in [-0.1, -0.05) is 19.8 Å². The third-order valence-electron chi connectivity index (χ3n) is 2.19. The summed E-state index contributed by atoms with van der Waals surface area (Å²) >= 11 is 4.58. The first-order valence-electron chi connectivity index (χ1n) is 3.49. The van der Waals surface area contributed by atoms with Crippen LogP contribution in [0, 0.1) is 0 Å². The molecule has 1 rings (SSSR count). The first kappa shape index (κ1) is 6.47. The van der Waals surface area contributed by atoms with E-state index in [1.54, 1.807) is 0 Å². The molecule has 0 aliphatic heterocycles. The maximum absolute atomic E-state index is 4.58. The van der Waals surface area contributed by atoms with Crippen LogP contribution < -0.4 is 0 Å². The smallest absolute Gasteiger partial charge is 0.0127 e. The largest absolute Gasteiger partial charge is 0.173 e. The van der Waals surface area contributed by atoms with E-state index in [0.29, 0.717) is 4.75 Å². The van der Waals surface area contributed by atoms with Crippen molar-refractivity contribution in [3.8, 4) is 0 Å². The molecule has 1 heteroatoms. The third kappa shape index (κ3) is 1.19. The maximum Gasteiger partial charge on any atom is 0.0127 e. The summed E-state index contributed by atoms with van der Waals surface area (Å²) in [7, 11) is 0. The second kappa shape index (κ2) is 2.30. The van der Waals surface area contributed by atoms with E-state index in [9.17, 15) is 0 Å². The highest BCUT2D eigenvalue weighted by Crippen LogP contribution is 2.37. The fraction of sp³-hybridized carbons (Fsp3) is 1.00. The molecule has 1 aliphatic rings. The van der Waals surface area contributed by atoms with Crippen molar-refractivity contribution in [3.05, 3.63) is 0 Å². The molecule has 1 saturated carbocycles. The molecular weight excluding hydrogens is 116 g/mol. The van der Waals surface area contributed by atoms with Crippen LogP contribution in [-0.2, 0) is 0 Å². The molecule has 0 amide bonds. The van der Waals surface area contributed by atoms with Gasteiger partial charge in [0.05, 0.1) is 0 Å². The van der Waals surface area contributed by atoms with Crippen molar-refractivity contribution in [3.63, 3.8) is 0 Å². The minimum absolute atomic E-state index is 0.431. The average Bonchev–Trinajstić information content (AvgIpc) is 2.17. The first-order valence-corrected chi connectivity index (χ1v) is 3.94. The number of thiol groups is 1. The molecule has 0 aromatic rings. The Morgan fingerprint density at radius 3 is 2.12 bits per heavy atom. The summed E-state index contributed by atoms with van der Waals surface area (Å²) in [6.45, 7) is 2.23. The van der Waals surface area contributed by atoms with E-state index in [-0.39, 0.29) is 0 Å². The molecule has 0 spiro atoms. The van der Waals surface area contributed by atoms with Crippen molar-refractivity contribution in [2.75, 3.05) is 0 Å². The van der Waals surface area contributed by atoms with E-state index in [0.717, 1.165) is 0 Å². The van der Waals surface area contributed by atoms with E-state index in [1.807, 2.05) is 0 Å². The Bertz CT molecular complexity index is 72.5. The lowest BCUT2D eigenvalue weighted by atomic mass is 10.0. The van der Waals surface area contributed by atoms with Crippen molar-refractivity contribution in [2.45, 2.75) is 43.8 Å². The quantitative estimate of drug-likeness (QED) is 0.518. The highest BCUT2D eigenvalue weighted by Gasteiger charge is 2.26. The van der Waals surface area contributed by atoms with Gasteiger partial charge in [-0.15, -0.1) is 0 Å². The molecule has 0 atom stereocenters. The van der Waals surface area contributed by atoms with Gasteiger partial charge in [-0.25, -0.2) is 0 Å². The second-order valence-corrected chi connectivity index (χ2v) is 3.73. The highest BCUT2D eigenvalue weighted by atomic mass is 32.1. The summed E-state index contributed by atoms with van der Waals surface area (Å²) in [5.74, 6) is 0. The van der Waals surface area contributed by atoms with Crippen LogP contribution in [0.5, 0.6) is 0 Å². The lowest BCUT2D eigenvalue weighted by molar-refractivity contribution is 0.593. The lowest BCUT2D eigenvalue weighted by Gasteiger charge is -2.18.